The Hall–Kier alpha value is -0.170. The van der Waals surface area contributed by atoms with Gasteiger partial charge in [-0.25, -0.2) is 0 Å². The maximum absolute atomic E-state index is 2.87. The molecule has 0 aromatic carbocycles. The van der Waals surface area contributed by atoms with E-state index in [4.69, 9.17) is 0 Å². The van der Waals surface area contributed by atoms with Gasteiger partial charge in [0.05, 0.1) is 0 Å². The average molecular weight is 711 g/mol. The summed E-state index contributed by atoms with van der Waals surface area (Å²) in [5, 5.41) is 2.09. The fourth-order valence-electron chi connectivity index (χ4n) is 17.4. The largest absolute Gasteiger partial charge is 0.155 e. The molecule has 9 fully saturated rings. The zero-order valence-electron chi connectivity index (χ0n) is 33.2. The van der Waals surface area contributed by atoms with Crippen LogP contribution in [0.4, 0.5) is 0 Å². The minimum absolute atomic E-state index is 0.762. The minimum Gasteiger partial charge on any atom is -0.155 e. The first-order valence-electron chi connectivity index (χ1n) is 24.2. The van der Waals surface area contributed by atoms with Gasteiger partial charge in [0.15, 0.2) is 0 Å². The lowest BCUT2D eigenvalue weighted by molar-refractivity contribution is -0.110. The van der Waals surface area contributed by atoms with Crippen molar-refractivity contribution in [3.63, 3.8) is 0 Å². The second-order valence-electron chi connectivity index (χ2n) is 21.5. The smallest absolute Gasteiger partial charge is 0.00814 e. The summed E-state index contributed by atoms with van der Waals surface area (Å²) in [5.41, 5.74) is 4.04. The zero-order chi connectivity index (χ0) is 33.9. The van der Waals surface area contributed by atoms with Crippen LogP contribution in [-0.4, -0.2) is 10.5 Å². The summed E-state index contributed by atoms with van der Waals surface area (Å²) in [5.74, 6) is 15.2. The predicted molar refractivity (Wildman–Crippen MR) is 219 cm³/mol. The Bertz CT molecular complexity index is 1250. The molecule has 0 radical (unpaired) electrons. The molecular weight excluding hydrogens is 633 g/mol. The lowest BCUT2D eigenvalue weighted by atomic mass is 9.44. The molecule has 284 valence electrons. The molecule has 0 bridgehead atoms. The minimum atomic E-state index is 0.762. The third-order valence-electron chi connectivity index (χ3n) is 19.6. The highest BCUT2D eigenvalue weighted by Gasteiger charge is 2.57. The first-order chi connectivity index (χ1) is 25.2. The van der Waals surface area contributed by atoms with Crippen molar-refractivity contribution in [3.05, 3.63) is 23.3 Å². The summed E-state index contributed by atoms with van der Waals surface area (Å²) in [6.07, 6.45) is 49.2. The van der Waals surface area contributed by atoms with Crippen molar-refractivity contribution in [2.45, 2.75) is 197 Å². The molecule has 10 aliphatic rings. The highest BCUT2D eigenvalue weighted by molar-refractivity contribution is 8.00. The molecule has 9 aliphatic carbocycles. The first-order valence-corrected chi connectivity index (χ1v) is 25.2. The molecule has 15 unspecified atom stereocenters. The summed E-state index contributed by atoms with van der Waals surface area (Å²) < 4.78 is 0. The van der Waals surface area contributed by atoms with Crippen LogP contribution in [0, 0.1) is 88.8 Å². The van der Waals surface area contributed by atoms with Crippen molar-refractivity contribution in [1.82, 2.24) is 0 Å². The van der Waals surface area contributed by atoms with Crippen LogP contribution in [0.15, 0.2) is 23.3 Å². The Balaban J connectivity index is 0.968. The van der Waals surface area contributed by atoms with E-state index in [9.17, 15) is 0 Å². The molecule has 8 saturated carbocycles. The molecule has 1 saturated heterocycles. The third-order valence-corrected chi connectivity index (χ3v) is 21.4. The molecule has 0 spiro atoms. The van der Waals surface area contributed by atoms with Crippen molar-refractivity contribution >= 4 is 11.8 Å². The maximum atomic E-state index is 2.87. The Morgan fingerprint density at radius 3 is 1.80 bits per heavy atom. The highest BCUT2D eigenvalue weighted by atomic mass is 32.2. The van der Waals surface area contributed by atoms with E-state index in [0.29, 0.717) is 0 Å². The predicted octanol–water partition coefficient (Wildman–Crippen LogP) is 14.6. The van der Waals surface area contributed by atoms with Gasteiger partial charge in [-0.15, -0.1) is 0 Å². The van der Waals surface area contributed by atoms with Crippen molar-refractivity contribution in [2.75, 3.05) is 0 Å². The Labute approximate surface area is 319 Å². The molecule has 0 aromatic heterocycles. The van der Waals surface area contributed by atoms with E-state index in [1.807, 2.05) is 5.57 Å². The monoisotopic (exact) mass is 711 g/mol. The Morgan fingerprint density at radius 1 is 0.431 bits per heavy atom. The van der Waals surface area contributed by atoms with Crippen molar-refractivity contribution < 1.29 is 0 Å². The van der Waals surface area contributed by atoms with Crippen LogP contribution >= 0.6 is 11.8 Å². The average Bonchev–Trinajstić information content (AvgIpc) is 3.48. The van der Waals surface area contributed by atoms with Crippen molar-refractivity contribution in [3.8, 4) is 0 Å². The van der Waals surface area contributed by atoms with Crippen LogP contribution in [0.25, 0.3) is 0 Å². The quantitative estimate of drug-likeness (QED) is 0.262. The van der Waals surface area contributed by atoms with E-state index in [0.717, 1.165) is 99.3 Å². The van der Waals surface area contributed by atoms with E-state index in [1.165, 1.54) is 77.0 Å². The summed E-state index contributed by atoms with van der Waals surface area (Å²) in [6.45, 7) is 2.73. The number of allylic oxidation sites excluding steroid dienone is 4. The second-order valence-corrected chi connectivity index (χ2v) is 23.0. The Kier molecular flexibility index (Phi) is 10.6. The van der Waals surface area contributed by atoms with Crippen LogP contribution in [0.1, 0.15) is 187 Å². The standard InChI is InChI=1S/C50H78S/c1-32-38(34-15-6-3-7-16-34)26-23-35(33-13-4-2-5-14-33)29-45(32)44-21-12-20-43-40-18-9-8-17-39(40)41-27-24-36(31-47(41)50(43)44)37-25-28-49-46(30-37)42-19-10-11-22-48(42)51-49/h23,26,33-44,46-50H,2-22,24-25,27-31H2,1H3. The van der Waals surface area contributed by atoms with Gasteiger partial charge in [0.25, 0.3) is 0 Å². The SMILES string of the molecule is CC1=C(C2CCCC3C4CCCCC4C4CCC(C5CCC6SC7CCCCC7C6C5)CC4C23)CC(C2CCCCC2)C=CC1C1CCCCC1. The lowest BCUT2D eigenvalue weighted by Crippen LogP contribution is -2.54. The van der Waals surface area contributed by atoms with E-state index in [2.05, 4.69) is 36.4 Å². The van der Waals surface area contributed by atoms with Gasteiger partial charge in [0, 0.05) is 16.4 Å². The van der Waals surface area contributed by atoms with E-state index in [1.54, 1.807) is 103 Å². The highest BCUT2D eigenvalue weighted by Crippen LogP contribution is 2.65. The number of hydrogen-bond acceptors (Lipinski definition) is 1. The topological polar surface area (TPSA) is 0 Å². The molecule has 0 aromatic rings. The van der Waals surface area contributed by atoms with Crippen LogP contribution < -0.4 is 0 Å². The summed E-state index contributed by atoms with van der Waals surface area (Å²) in [7, 11) is 0. The van der Waals surface area contributed by atoms with E-state index < -0.39 is 0 Å². The molecular formula is C50H78S. The van der Waals surface area contributed by atoms with Gasteiger partial charge in [-0.05, 0) is 199 Å². The van der Waals surface area contributed by atoms with Gasteiger partial charge in [-0.2, -0.15) is 11.8 Å². The van der Waals surface area contributed by atoms with E-state index in [-0.39, 0.29) is 0 Å². The molecule has 0 N–H and O–H groups in total. The normalized spacial score (nSPS) is 49.6. The molecule has 51 heavy (non-hydrogen) atoms. The van der Waals surface area contributed by atoms with E-state index >= 15 is 0 Å². The summed E-state index contributed by atoms with van der Waals surface area (Å²) in [4.78, 5) is 0. The fraction of sp³-hybridized carbons (Fsp3) is 0.920. The molecule has 1 heteroatoms. The molecule has 10 rings (SSSR count). The van der Waals surface area contributed by atoms with Crippen LogP contribution in [0.5, 0.6) is 0 Å². The van der Waals surface area contributed by atoms with Gasteiger partial charge >= 0.3 is 0 Å². The van der Waals surface area contributed by atoms with Gasteiger partial charge in [0.2, 0.25) is 0 Å². The molecule has 0 amide bonds. The molecule has 1 heterocycles. The maximum Gasteiger partial charge on any atom is 0.00814 e. The molecule has 1 aliphatic heterocycles. The third kappa shape index (κ3) is 6.66. The number of thioether (sulfide) groups is 1. The summed E-state index contributed by atoms with van der Waals surface area (Å²) >= 11 is 2.50. The van der Waals surface area contributed by atoms with Gasteiger partial charge < -0.3 is 0 Å². The fourth-order valence-corrected chi connectivity index (χ4v) is 19.5. The first kappa shape index (κ1) is 35.3. The van der Waals surface area contributed by atoms with Crippen molar-refractivity contribution in [2.24, 2.45) is 88.8 Å². The molecule has 0 nitrogen and oxygen atoms in total. The van der Waals surface area contributed by atoms with Gasteiger partial charge in [0.1, 0.15) is 0 Å². The summed E-state index contributed by atoms with van der Waals surface area (Å²) in [6, 6.07) is 0. The van der Waals surface area contributed by atoms with Crippen LogP contribution in [-0.2, 0) is 0 Å². The second kappa shape index (κ2) is 15.4. The van der Waals surface area contributed by atoms with Crippen LogP contribution in [0.3, 0.4) is 0 Å². The lowest BCUT2D eigenvalue weighted by Gasteiger charge is -2.61. The van der Waals surface area contributed by atoms with Gasteiger partial charge in [-0.1, -0.05) is 93.9 Å². The Morgan fingerprint density at radius 2 is 1.02 bits per heavy atom. The number of rotatable bonds is 4. The zero-order valence-corrected chi connectivity index (χ0v) is 34.0. The van der Waals surface area contributed by atoms with Crippen LogP contribution in [0.2, 0.25) is 0 Å². The van der Waals surface area contributed by atoms with Gasteiger partial charge in [-0.3, -0.25) is 0 Å². The molecule has 15 atom stereocenters. The number of hydrogen-bond donors (Lipinski definition) is 0. The number of fused-ring (bicyclic) bond motifs is 9. The van der Waals surface area contributed by atoms with Crippen molar-refractivity contribution in [1.29, 1.82) is 0 Å².